The number of allylic oxidation sites excluding steroid dienone is 1. The lowest BCUT2D eigenvalue weighted by Crippen LogP contribution is -2.13. The van der Waals surface area contributed by atoms with Crippen molar-refractivity contribution in [2.75, 3.05) is 13.2 Å². The summed E-state index contributed by atoms with van der Waals surface area (Å²) in [4.78, 5) is 5.17. The minimum Gasteiger partial charge on any atom is -0.489 e. The fourth-order valence-corrected chi connectivity index (χ4v) is 2.21. The van der Waals surface area contributed by atoms with Gasteiger partial charge >= 0.3 is 0 Å². The van der Waals surface area contributed by atoms with Gasteiger partial charge in [0.25, 0.3) is 0 Å². The molecule has 1 aromatic rings. The monoisotopic (exact) mass is 439 g/mol. The molecule has 1 rings (SSSR count). The third-order valence-corrected chi connectivity index (χ3v) is 3.72. The Bertz CT molecular complexity index is 679. The van der Waals surface area contributed by atoms with Gasteiger partial charge in [0.15, 0.2) is 0 Å². The SMILES string of the molecule is CCc1cc(OCC=C(Cl)Cl)cc(C)c1OC=C(C)NOCC=C(Cl)Cl. The molecular formula is C18H21Cl4NO3. The number of aryl methyl sites for hydroxylation is 2. The molecule has 0 aromatic heterocycles. The van der Waals surface area contributed by atoms with Crippen molar-refractivity contribution in [1.82, 2.24) is 5.48 Å². The van der Waals surface area contributed by atoms with Crippen molar-refractivity contribution in [3.8, 4) is 11.5 Å². The van der Waals surface area contributed by atoms with Crippen molar-refractivity contribution in [3.63, 3.8) is 0 Å². The van der Waals surface area contributed by atoms with Crippen LogP contribution in [0.1, 0.15) is 25.0 Å². The van der Waals surface area contributed by atoms with E-state index in [1.165, 1.54) is 6.08 Å². The van der Waals surface area contributed by atoms with Gasteiger partial charge in [0, 0.05) is 0 Å². The first kappa shape index (κ1) is 23.0. The number of halogens is 4. The standard InChI is InChI=1S/C18H21Cl4NO3/c1-4-14-10-15(24-7-5-16(19)20)9-12(2)18(14)25-11-13(3)23-26-8-6-17(21)22/h5-6,9-11,23H,4,7-8H2,1-3H3. The topological polar surface area (TPSA) is 39.7 Å². The number of nitrogens with one attached hydrogen (secondary N) is 1. The highest BCUT2D eigenvalue weighted by Gasteiger charge is 2.09. The minimum atomic E-state index is 0.152. The molecule has 4 nitrogen and oxygen atoms in total. The molecule has 0 unspecified atom stereocenters. The predicted molar refractivity (Wildman–Crippen MR) is 109 cm³/mol. The zero-order valence-electron chi connectivity index (χ0n) is 14.7. The van der Waals surface area contributed by atoms with Crippen molar-refractivity contribution in [3.05, 3.63) is 56.4 Å². The van der Waals surface area contributed by atoms with Gasteiger partial charge < -0.3 is 9.47 Å². The normalized spacial score (nSPS) is 11.0. The van der Waals surface area contributed by atoms with Gasteiger partial charge in [0.1, 0.15) is 33.4 Å². The van der Waals surface area contributed by atoms with Crippen molar-refractivity contribution in [2.24, 2.45) is 0 Å². The Morgan fingerprint density at radius 3 is 2.35 bits per heavy atom. The Morgan fingerprint density at radius 2 is 1.73 bits per heavy atom. The molecule has 0 amide bonds. The second kappa shape index (κ2) is 12.4. The quantitative estimate of drug-likeness (QED) is 0.262. The molecule has 0 aliphatic carbocycles. The number of benzene rings is 1. The Hall–Kier alpha value is -1.04. The molecule has 0 atom stereocenters. The fourth-order valence-electron chi connectivity index (χ4n) is 1.96. The van der Waals surface area contributed by atoms with Crippen LogP contribution in [0.25, 0.3) is 0 Å². The molecule has 1 aromatic carbocycles. The van der Waals surface area contributed by atoms with Gasteiger partial charge in [-0.1, -0.05) is 53.3 Å². The van der Waals surface area contributed by atoms with E-state index in [2.05, 4.69) is 5.48 Å². The van der Waals surface area contributed by atoms with Crippen molar-refractivity contribution >= 4 is 46.4 Å². The molecule has 0 fully saturated rings. The molecule has 0 saturated carbocycles. The molecule has 0 aliphatic heterocycles. The summed E-state index contributed by atoms with van der Waals surface area (Å²) < 4.78 is 11.8. The van der Waals surface area contributed by atoms with E-state index < -0.39 is 0 Å². The largest absolute Gasteiger partial charge is 0.489 e. The average molecular weight is 441 g/mol. The Morgan fingerprint density at radius 1 is 1.08 bits per heavy atom. The van der Waals surface area contributed by atoms with Crippen LogP contribution in [0.2, 0.25) is 0 Å². The number of hydrogen-bond acceptors (Lipinski definition) is 4. The van der Waals surface area contributed by atoms with E-state index in [4.69, 9.17) is 60.7 Å². The maximum atomic E-state index is 5.81. The third kappa shape index (κ3) is 9.06. The summed E-state index contributed by atoms with van der Waals surface area (Å²) in [5, 5.41) is 0. The predicted octanol–water partition coefficient (Wildman–Crippen LogP) is 6.34. The molecule has 8 heteroatoms. The first-order valence-corrected chi connectivity index (χ1v) is 9.34. The van der Waals surface area contributed by atoms with E-state index in [-0.39, 0.29) is 15.6 Å². The summed E-state index contributed by atoms with van der Waals surface area (Å²) in [7, 11) is 0. The molecule has 1 N–H and O–H groups in total. The van der Waals surface area contributed by atoms with Crippen molar-refractivity contribution in [2.45, 2.75) is 27.2 Å². The Kier molecular flexibility index (Phi) is 10.9. The summed E-state index contributed by atoms with van der Waals surface area (Å²) >= 11 is 22.2. The zero-order chi connectivity index (χ0) is 19.5. The van der Waals surface area contributed by atoms with E-state index >= 15 is 0 Å². The highest BCUT2D eigenvalue weighted by Crippen LogP contribution is 2.30. The Balaban J connectivity index is 2.74. The van der Waals surface area contributed by atoms with Crippen LogP contribution >= 0.6 is 46.4 Å². The van der Waals surface area contributed by atoms with Gasteiger partial charge in [-0.3, -0.25) is 10.3 Å². The lowest BCUT2D eigenvalue weighted by molar-refractivity contribution is 0.0844. The van der Waals surface area contributed by atoms with Crippen LogP contribution in [0.3, 0.4) is 0 Å². The molecule has 144 valence electrons. The summed E-state index contributed by atoms with van der Waals surface area (Å²) in [5.41, 5.74) is 5.38. The highest BCUT2D eigenvalue weighted by molar-refractivity contribution is 6.56. The molecule has 0 bridgehead atoms. The first-order chi connectivity index (χ1) is 12.3. The summed E-state index contributed by atoms with van der Waals surface area (Å²) in [5.74, 6) is 1.50. The number of rotatable bonds is 10. The maximum Gasteiger partial charge on any atom is 0.132 e. The number of ether oxygens (including phenoxy) is 2. The van der Waals surface area contributed by atoms with Crippen LogP contribution in [0.15, 0.2) is 45.2 Å². The molecule has 0 aliphatic rings. The second-order valence-corrected chi connectivity index (χ2v) is 7.23. The van der Waals surface area contributed by atoms with Gasteiger partial charge in [0.05, 0.1) is 12.3 Å². The summed E-state index contributed by atoms with van der Waals surface area (Å²) in [6.45, 7) is 6.34. The van der Waals surface area contributed by atoms with Gasteiger partial charge in [-0.15, -0.1) is 0 Å². The number of hydroxylamine groups is 1. The first-order valence-electron chi connectivity index (χ1n) is 7.83. The van der Waals surface area contributed by atoms with Gasteiger partial charge in [-0.05, 0) is 55.7 Å². The van der Waals surface area contributed by atoms with Gasteiger partial charge in [-0.25, -0.2) is 0 Å². The van der Waals surface area contributed by atoms with E-state index in [0.29, 0.717) is 12.3 Å². The molecule has 0 spiro atoms. The molecule has 0 saturated heterocycles. The van der Waals surface area contributed by atoms with Crippen LogP contribution in [0, 0.1) is 6.92 Å². The van der Waals surface area contributed by atoms with Crippen molar-refractivity contribution < 1.29 is 14.3 Å². The van der Waals surface area contributed by atoms with Gasteiger partial charge in [-0.2, -0.15) is 0 Å². The van der Waals surface area contributed by atoms with Crippen LogP contribution < -0.4 is 15.0 Å². The number of hydrogen-bond donors (Lipinski definition) is 1. The van der Waals surface area contributed by atoms with Gasteiger partial charge in [0.2, 0.25) is 0 Å². The molecular weight excluding hydrogens is 420 g/mol. The zero-order valence-corrected chi connectivity index (χ0v) is 17.8. The maximum absolute atomic E-state index is 5.81. The molecule has 0 heterocycles. The van der Waals surface area contributed by atoms with Crippen LogP contribution in [0.5, 0.6) is 11.5 Å². The minimum absolute atomic E-state index is 0.152. The highest BCUT2D eigenvalue weighted by atomic mass is 35.5. The summed E-state index contributed by atoms with van der Waals surface area (Å²) in [6.07, 6.45) is 5.47. The third-order valence-electron chi connectivity index (χ3n) is 3.10. The van der Waals surface area contributed by atoms with E-state index in [1.807, 2.05) is 32.9 Å². The smallest absolute Gasteiger partial charge is 0.132 e. The van der Waals surface area contributed by atoms with Crippen LogP contribution in [-0.4, -0.2) is 13.2 Å². The molecule has 0 radical (unpaired) electrons. The van der Waals surface area contributed by atoms with Crippen LogP contribution in [0.4, 0.5) is 0 Å². The van der Waals surface area contributed by atoms with E-state index in [0.717, 1.165) is 29.0 Å². The van der Waals surface area contributed by atoms with Crippen molar-refractivity contribution in [1.29, 1.82) is 0 Å². The Labute approximate surface area is 174 Å². The summed E-state index contributed by atoms with van der Waals surface area (Å²) in [6, 6.07) is 3.82. The average Bonchev–Trinajstić information content (AvgIpc) is 2.56. The second-order valence-electron chi connectivity index (χ2n) is 5.21. The van der Waals surface area contributed by atoms with Crippen LogP contribution in [-0.2, 0) is 11.3 Å². The fraction of sp³-hybridized carbons (Fsp3) is 0.333. The lowest BCUT2D eigenvalue weighted by atomic mass is 10.1. The lowest BCUT2D eigenvalue weighted by Gasteiger charge is -2.14. The van der Waals surface area contributed by atoms with E-state index in [9.17, 15) is 0 Å². The molecule has 26 heavy (non-hydrogen) atoms. The van der Waals surface area contributed by atoms with E-state index in [1.54, 1.807) is 12.3 Å².